The van der Waals surface area contributed by atoms with Crippen LogP contribution in [0.15, 0.2) is 65.1 Å². The zero-order chi connectivity index (χ0) is 22.5. The molecule has 0 bridgehead atoms. The molecule has 161 valence electrons. The third-order valence-electron chi connectivity index (χ3n) is 6.75. The lowest BCUT2D eigenvalue weighted by Crippen LogP contribution is -2.49. The van der Waals surface area contributed by atoms with Crippen LogP contribution in [0, 0.1) is 5.92 Å². The number of hydrogen-bond donors (Lipinski definition) is 1. The number of aromatic nitrogens is 1. The molecule has 5 heteroatoms. The van der Waals surface area contributed by atoms with Gasteiger partial charge in [-0.1, -0.05) is 60.1 Å². The van der Waals surface area contributed by atoms with Gasteiger partial charge in [-0.15, -0.1) is 0 Å². The molecule has 1 radical (unpaired) electrons. The van der Waals surface area contributed by atoms with Crippen LogP contribution in [0.2, 0.25) is 0 Å². The molecule has 1 heterocycles. The van der Waals surface area contributed by atoms with Gasteiger partial charge in [0.15, 0.2) is 0 Å². The number of nitrogens with zero attached hydrogens (tertiary/aromatic N) is 1. The molecule has 2 atom stereocenters. The summed E-state index contributed by atoms with van der Waals surface area (Å²) in [6.07, 6.45) is 8.67. The van der Waals surface area contributed by atoms with E-state index >= 15 is 0 Å². The Morgan fingerprint density at radius 2 is 1.75 bits per heavy atom. The van der Waals surface area contributed by atoms with Crippen LogP contribution in [0.25, 0.3) is 23.6 Å². The molecule has 5 rings (SSSR count). The first-order valence-electron chi connectivity index (χ1n) is 11.0. The highest BCUT2D eigenvalue weighted by Gasteiger charge is 2.37. The summed E-state index contributed by atoms with van der Waals surface area (Å²) < 4.78 is 12.3. The first kappa shape index (κ1) is 21.0. The van der Waals surface area contributed by atoms with Crippen LogP contribution in [-0.2, 0) is 4.65 Å². The summed E-state index contributed by atoms with van der Waals surface area (Å²) in [4.78, 5) is 4.77. The van der Waals surface area contributed by atoms with Crippen LogP contribution in [0.4, 0.5) is 0 Å². The minimum Gasteiger partial charge on any atom is -0.440 e. The molecule has 0 aliphatic heterocycles. The molecule has 0 amide bonds. The van der Waals surface area contributed by atoms with Gasteiger partial charge in [0.2, 0.25) is 5.89 Å². The first-order chi connectivity index (χ1) is 15.2. The predicted octanol–water partition coefficient (Wildman–Crippen LogP) is 4.95. The maximum Gasteiger partial charge on any atom is 0.330 e. The summed E-state index contributed by atoms with van der Waals surface area (Å²) in [5.74, 6) is 1.83. The normalized spacial score (nSPS) is 19.3. The van der Waals surface area contributed by atoms with Crippen LogP contribution in [-0.4, -0.2) is 28.8 Å². The molecule has 32 heavy (non-hydrogen) atoms. The molecule has 1 aromatic heterocycles. The predicted molar refractivity (Wildman–Crippen MR) is 129 cm³/mol. The molecular formula is C27H27BNO3. The quantitative estimate of drug-likeness (QED) is 0.589. The summed E-state index contributed by atoms with van der Waals surface area (Å²) in [5.41, 5.74) is 3.49. The topological polar surface area (TPSA) is 55.5 Å². The second-order valence-electron chi connectivity index (χ2n) is 9.60. The van der Waals surface area contributed by atoms with E-state index in [-0.39, 0.29) is 11.8 Å². The number of aliphatic hydroxyl groups is 1. The second-order valence-corrected chi connectivity index (χ2v) is 9.60. The van der Waals surface area contributed by atoms with E-state index in [4.69, 9.17) is 14.1 Å². The van der Waals surface area contributed by atoms with Crippen LogP contribution in [0.3, 0.4) is 0 Å². The van der Waals surface area contributed by atoms with E-state index in [9.17, 15) is 5.11 Å². The van der Waals surface area contributed by atoms with Gasteiger partial charge in [-0.3, -0.25) is 0 Å². The van der Waals surface area contributed by atoms with Crippen molar-refractivity contribution in [3.8, 4) is 11.5 Å². The van der Waals surface area contributed by atoms with E-state index in [0.717, 1.165) is 22.5 Å². The molecule has 2 aliphatic rings. The molecule has 4 nitrogen and oxygen atoms in total. The van der Waals surface area contributed by atoms with Crippen LogP contribution < -0.4 is 5.46 Å². The minimum atomic E-state index is -0.970. The zero-order valence-corrected chi connectivity index (χ0v) is 18.9. The van der Waals surface area contributed by atoms with Crippen LogP contribution in [0.5, 0.6) is 0 Å². The van der Waals surface area contributed by atoms with Crippen molar-refractivity contribution < 1.29 is 14.2 Å². The highest BCUT2D eigenvalue weighted by Crippen LogP contribution is 2.45. The van der Waals surface area contributed by atoms with Crippen molar-refractivity contribution in [1.29, 1.82) is 0 Å². The van der Waals surface area contributed by atoms with Gasteiger partial charge >= 0.3 is 7.48 Å². The van der Waals surface area contributed by atoms with Gasteiger partial charge in [-0.25, -0.2) is 4.98 Å². The lowest BCUT2D eigenvalue weighted by Gasteiger charge is -2.37. The van der Waals surface area contributed by atoms with Crippen molar-refractivity contribution >= 4 is 25.1 Å². The smallest absolute Gasteiger partial charge is 0.330 e. The minimum absolute atomic E-state index is 0.0654. The molecule has 3 aromatic rings. The molecule has 0 saturated heterocycles. The summed E-state index contributed by atoms with van der Waals surface area (Å²) >= 11 is 0. The number of rotatable bonds is 5. The van der Waals surface area contributed by atoms with Gasteiger partial charge in [0.25, 0.3) is 0 Å². The van der Waals surface area contributed by atoms with Crippen LogP contribution in [0.1, 0.15) is 56.2 Å². The molecule has 2 unspecified atom stereocenters. The van der Waals surface area contributed by atoms with Gasteiger partial charge in [0.1, 0.15) is 11.5 Å². The monoisotopic (exact) mass is 424 g/mol. The third kappa shape index (κ3) is 3.66. The zero-order valence-electron chi connectivity index (χ0n) is 18.9. The fourth-order valence-corrected chi connectivity index (χ4v) is 4.06. The molecule has 1 N–H and O–H groups in total. The molecule has 0 fully saturated rings. The Hall–Kier alpha value is -2.89. The Bertz CT molecular complexity index is 1200. The number of hydrogen-bond acceptors (Lipinski definition) is 4. The number of allylic oxidation sites excluding steroid dienone is 2. The van der Waals surface area contributed by atoms with Crippen molar-refractivity contribution in [2.24, 2.45) is 5.92 Å². The van der Waals surface area contributed by atoms with Gasteiger partial charge in [-0.2, -0.15) is 0 Å². The Morgan fingerprint density at radius 1 is 1.00 bits per heavy atom. The fraction of sp³-hybridized carbons (Fsp3) is 0.296. The Morgan fingerprint density at radius 3 is 2.50 bits per heavy atom. The van der Waals surface area contributed by atoms with Crippen molar-refractivity contribution in [1.82, 2.24) is 4.98 Å². The average Bonchev–Trinajstić information content (AvgIpc) is 3.21. The molecule has 2 aliphatic carbocycles. The van der Waals surface area contributed by atoms with Crippen molar-refractivity contribution in [2.45, 2.75) is 44.8 Å². The summed E-state index contributed by atoms with van der Waals surface area (Å²) in [6, 6.07) is 16.3. The van der Waals surface area contributed by atoms with Gasteiger partial charge < -0.3 is 14.2 Å². The van der Waals surface area contributed by atoms with E-state index in [1.54, 1.807) is 21.3 Å². The SMILES string of the molecule is CC(C)(O)C(C)(C)O[B]c1ccc2c(c1)C1c3oc(-c4ccccc4)nc3C=CC1C=C2. The lowest BCUT2D eigenvalue weighted by molar-refractivity contribution is -0.0893. The second kappa shape index (κ2) is 7.61. The Labute approximate surface area is 189 Å². The van der Waals surface area contributed by atoms with Gasteiger partial charge in [0, 0.05) is 11.5 Å². The third-order valence-corrected chi connectivity index (χ3v) is 6.75. The van der Waals surface area contributed by atoms with E-state index in [2.05, 4.69) is 36.4 Å². The van der Waals surface area contributed by atoms with E-state index in [1.807, 2.05) is 50.2 Å². The standard InChI is InChI=1S/C27H27BNO3/c1-26(2,30)27(3,4)32-28-20-14-12-17-10-11-18-13-15-22-24(23(18)21(17)16-20)31-25(29-22)19-8-6-5-7-9-19/h5-16,18,23,30H,1-4H3. The molecular weight excluding hydrogens is 397 g/mol. The van der Waals surface area contributed by atoms with Gasteiger partial charge in [0.05, 0.1) is 17.1 Å². The molecule has 2 aromatic carbocycles. The van der Waals surface area contributed by atoms with Crippen LogP contribution >= 0.6 is 0 Å². The fourth-order valence-electron chi connectivity index (χ4n) is 4.06. The van der Waals surface area contributed by atoms with E-state index in [1.165, 1.54) is 11.1 Å². The van der Waals surface area contributed by atoms with E-state index < -0.39 is 11.2 Å². The van der Waals surface area contributed by atoms with Crippen molar-refractivity contribution in [2.75, 3.05) is 0 Å². The Balaban J connectivity index is 1.49. The Kier molecular flexibility index (Phi) is 4.99. The average molecular weight is 424 g/mol. The molecule has 0 saturated carbocycles. The maximum atomic E-state index is 10.4. The van der Waals surface area contributed by atoms with Gasteiger partial charge in [-0.05, 0) is 57.0 Å². The molecule has 0 spiro atoms. The van der Waals surface area contributed by atoms with E-state index in [0.29, 0.717) is 5.89 Å². The summed E-state index contributed by atoms with van der Waals surface area (Å²) in [5, 5.41) is 10.4. The lowest BCUT2D eigenvalue weighted by atomic mass is 9.72. The highest BCUT2D eigenvalue weighted by atomic mass is 16.5. The largest absolute Gasteiger partial charge is 0.440 e. The number of fused-ring (bicyclic) bond motifs is 5. The first-order valence-corrected chi connectivity index (χ1v) is 11.0. The van der Waals surface area contributed by atoms with Crippen molar-refractivity contribution in [3.63, 3.8) is 0 Å². The summed E-state index contributed by atoms with van der Waals surface area (Å²) in [7, 11) is 1.74. The maximum absolute atomic E-state index is 10.4. The van der Waals surface area contributed by atoms with Crippen molar-refractivity contribution in [3.05, 3.63) is 83.3 Å². The highest BCUT2D eigenvalue weighted by molar-refractivity contribution is 6.47. The number of oxazole rings is 1. The number of benzene rings is 2. The summed E-state index contributed by atoms with van der Waals surface area (Å²) in [6.45, 7) is 7.29.